The van der Waals surface area contributed by atoms with Gasteiger partial charge in [0.25, 0.3) is 11.8 Å². The van der Waals surface area contributed by atoms with Crippen LogP contribution in [0.15, 0.2) is 103 Å². The summed E-state index contributed by atoms with van der Waals surface area (Å²) >= 11 is 0. The summed E-state index contributed by atoms with van der Waals surface area (Å²) in [6, 6.07) is 26.5. The molecule has 4 aromatic rings. The average Bonchev–Trinajstić information content (AvgIpc) is 3.63. The molecule has 1 aliphatic carbocycles. The predicted molar refractivity (Wildman–Crippen MR) is 199 cm³/mol. The van der Waals surface area contributed by atoms with Gasteiger partial charge >= 0.3 is 6.18 Å². The van der Waals surface area contributed by atoms with Crippen LogP contribution in [0.1, 0.15) is 81.6 Å². The molecular formula is C40H45F3N4O5S. The molecule has 5 rings (SSSR count). The van der Waals surface area contributed by atoms with Crippen LogP contribution in [0.4, 0.5) is 18.9 Å². The molecular weight excluding hydrogens is 706 g/mol. The Morgan fingerprint density at radius 3 is 2.02 bits per heavy atom. The molecule has 0 bridgehead atoms. The normalized spacial score (nSPS) is 16.0. The number of hydrogen-bond donors (Lipinski definition) is 4. The smallest absolute Gasteiger partial charge is 0.390 e. The quantitative estimate of drug-likeness (QED) is 0.119. The Bertz CT molecular complexity index is 1990. The van der Waals surface area contributed by atoms with E-state index in [9.17, 15) is 36.3 Å². The molecule has 53 heavy (non-hydrogen) atoms. The molecule has 9 nitrogen and oxygen atoms in total. The molecule has 1 saturated carbocycles. The third kappa shape index (κ3) is 10.0. The Hall–Kier alpha value is -4.72. The molecule has 2 amide bonds. The van der Waals surface area contributed by atoms with Crippen LogP contribution < -0.4 is 20.3 Å². The fraction of sp³-hybridized carbons (Fsp3) is 0.350. The summed E-state index contributed by atoms with van der Waals surface area (Å²) < 4.78 is 66.9. The van der Waals surface area contributed by atoms with Crippen molar-refractivity contribution in [3.8, 4) is 0 Å². The number of sulfonamides is 1. The third-order valence-corrected chi connectivity index (χ3v) is 11.1. The van der Waals surface area contributed by atoms with Crippen LogP contribution in [-0.2, 0) is 28.2 Å². The van der Waals surface area contributed by atoms with Gasteiger partial charge in [-0.05, 0) is 73.2 Å². The van der Waals surface area contributed by atoms with Gasteiger partial charge in [0.15, 0.2) is 0 Å². The second-order valence-corrected chi connectivity index (χ2v) is 15.7. The summed E-state index contributed by atoms with van der Waals surface area (Å²) in [5.74, 6) is -1.19. The van der Waals surface area contributed by atoms with E-state index in [1.165, 1.54) is 31.3 Å². The lowest BCUT2D eigenvalue weighted by molar-refractivity contribution is -0.137. The minimum Gasteiger partial charge on any atom is -0.390 e. The fourth-order valence-electron chi connectivity index (χ4n) is 6.74. The maximum Gasteiger partial charge on any atom is 0.416 e. The zero-order valence-corrected chi connectivity index (χ0v) is 30.7. The van der Waals surface area contributed by atoms with E-state index < -0.39 is 57.3 Å². The summed E-state index contributed by atoms with van der Waals surface area (Å²) in [4.78, 5) is 27.5. The number of nitrogens with one attached hydrogen (secondary N) is 3. The number of carbonyl (C=O) groups excluding carboxylic acids is 2. The van der Waals surface area contributed by atoms with Gasteiger partial charge in [0.05, 0.1) is 35.7 Å². The van der Waals surface area contributed by atoms with Gasteiger partial charge in [0.2, 0.25) is 10.0 Å². The van der Waals surface area contributed by atoms with E-state index in [-0.39, 0.29) is 29.8 Å². The van der Waals surface area contributed by atoms with Crippen molar-refractivity contribution < 1.29 is 36.3 Å². The Labute approximate surface area is 308 Å². The van der Waals surface area contributed by atoms with Crippen LogP contribution in [0.2, 0.25) is 0 Å². The van der Waals surface area contributed by atoms with E-state index >= 15 is 0 Å². The number of amides is 2. The molecule has 1 fully saturated rings. The van der Waals surface area contributed by atoms with Gasteiger partial charge in [0, 0.05) is 30.3 Å². The van der Waals surface area contributed by atoms with Crippen molar-refractivity contribution >= 4 is 27.5 Å². The maximum absolute atomic E-state index is 14.0. The molecule has 0 unspecified atom stereocenters. The van der Waals surface area contributed by atoms with Gasteiger partial charge in [-0.25, -0.2) is 8.42 Å². The molecule has 4 N–H and O–H groups in total. The van der Waals surface area contributed by atoms with Crippen molar-refractivity contribution in [2.75, 3.05) is 24.2 Å². The number of aliphatic hydroxyl groups excluding tert-OH is 1. The summed E-state index contributed by atoms with van der Waals surface area (Å²) in [5.41, 5.74) is 0.732. The lowest BCUT2D eigenvalue weighted by Gasteiger charge is -2.34. The lowest BCUT2D eigenvalue weighted by atomic mass is 9.86. The zero-order chi connectivity index (χ0) is 38.4. The second kappa shape index (κ2) is 16.5. The first-order valence-electron chi connectivity index (χ1n) is 17.5. The van der Waals surface area contributed by atoms with Crippen molar-refractivity contribution in [2.24, 2.45) is 0 Å². The summed E-state index contributed by atoms with van der Waals surface area (Å²) in [6.45, 7) is 1.76. The first-order chi connectivity index (χ1) is 25.1. The highest BCUT2D eigenvalue weighted by atomic mass is 32.2. The molecule has 4 aromatic carbocycles. The van der Waals surface area contributed by atoms with E-state index in [1.807, 2.05) is 60.7 Å². The largest absolute Gasteiger partial charge is 0.416 e. The Balaban J connectivity index is 1.42. The first kappa shape index (κ1) is 39.5. The number of aliphatic hydroxyl groups is 1. The van der Waals surface area contributed by atoms with E-state index in [0.717, 1.165) is 46.7 Å². The monoisotopic (exact) mass is 750 g/mol. The standard InChI is InChI=1S/C40H45F3N4O5S/c1-27(29-15-8-5-9-16-29)45-37(49)30-22-31(24-34(23-30)47(2)53(3,51)52)38(50)46-35(21-28-13-6-4-7-14-28)36(48)26-44-39(19-10-11-20-39)32-17-12-18-33(25-32)40(41,42)43/h4-9,12-18,22-25,27,35-36,44,48H,10-11,19-21,26H2,1-3H3,(H,45,49)(H,46,50)/t27-,35+,36-/m1/s1. The van der Waals surface area contributed by atoms with Crippen LogP contribution in [0.5, 0.6) is 0 Å². The van der Waals surface area contributed by atoms with Gasteiger partial charge in [-0.3, -0.25) is 13.9 Å². The number of benzene rings is 4. The van der Waals surface area contributed by atoms with Crippen LogP contribution in [0, 0.1) is 0 Å². The number of anilines is 1. The van der Waals surface area contributed by atoms with Gasteiger partial charge < -0.3 is 21.1 Å². The maximum atomic E-state index is 14.0. The van der Waals surface area contributed by atoms with Crippen molar-refractivity contribution in [3.63, 3.8) is 0 Å². The van der Waals surface area contributed by atoms with Crippen LogP contribution in [0.3, 0.4) is 0 Å². The number of alkyl halides is 3. The Kier molecular flexibility index (Phi) is 12.3. The van der Waals surface area contributed by atoms with E-state index in [2.05, 4.69) is 16.0 Å². The zero-order valence-electron chi connectivity index (χ0n) is 29.9. The van der Waals surface area contributed by atoms with Gasteiger partial charge in [-0.1, -0.05) is 85.6 Å². The average molecular weight is 751 g/mol. The molecule has 0 saturated heterocycles. The number of nitrogens with zero attached hydrogens (tertiary/aromatic N) is 1. The van der Waals surface area contributed by atoms with Gasteiger partial charge in [-0.2, -0.15) is 13.2 Å². The van der Waals surface area contributed by atoms with Crippen LogP contribution in [-0.4, -0.2) is 57.3 Å². The van der Waals surface area contributed by atoms with Crippen molar-refractivity contribution in [1.82, 2.24) is 16.0 Å². The Morgan fingerprint density at radius 1 is 0.849 bits per heavy atom. The SMILES string of the molecule is C[C@@H](NC(=O)c1cc(C(=O)N[C@@H](Cc2ccccc2)[C@H](O)CNC2(c3cccc(C(F)(F)F)c3)CCCC2)cc(N(C)S(C)(=O)=O)c1)c1ccccc1. The van der Waals surface area contributed by atoms with Gasteiger partial charge in [0.1, 0.15) is 0 Å². The minimum atomic E-state index is -4.51. The molecule has 0 aromatic heterocycles. The highest BCUT2D eigenvalue weighted by molar-refractivity contribution is 7.92. The lowest BCUT2D eigenvalue weighted by Crippen LogP contribution is -2.52. The molecule has 282 valence electrons. The number of rotatable bonds is 14. The predicted octanol–water partition coefficient (Wildman–Crippen LogP) is 6.35. The highest BCUT2D eigenvalue weighted by Gasteiger charge is 2.39. The number of halogens is 3. The highest BCUT2D eigenvalue weighted by Crippen LogP contribution is 2.41. The molecule has 0 heterocycles. The van der Waals surface area contributed by atoms with E-state index in [1.54, 1.807) is 13.0 Å². The molecule has 1 aliphatic rings. The number of carbonyl (C=O) groups is 2. The molecule has 0 radical (unpaired) electrons. The third-order valence-electron chi connectivity index (χ3n) is 9.88. The minimum absolute atomic E-state index is 0.00929. The van der Waals surface area contributed by atoms with E-state index in [4.69, 9.17) is 0 Å². The van der Waals surface area contributed by atoms with Crippen molar-refractivity contribution in [3.05, 3.63) is 137 Å². The number of hydrogen-bond acceptors (Lipinski definition) is 6. The summed E-state index contributed by atoms with van der Waals surface area (Å²) in [5, 5.41) is 20.8. The summed E-state index contributed by atoms with van der Waals surface area (Å²) in [7, 11) is -2.46. The molecule has 0 spiro atoms. The van der Waals surface area contributed by atoms with Crippen LogP contribution >= 0.6 is 0 Å². The Morgan fingerprint density at radius 2 is 1.43 bits per heavy atom. The fourth-order valence-corrected chi connectivity index (χ4v) is 7.22. The van der Waals surface area contributed by atoms with Gasteiger partial charge in [-0.15, -0.1) is 0 Å². The van der Waals surface area contributed by atoms with Crippen molar-refractivity contribution in [2.45, 2.75) is 68.9 Å². The molecule has 13 heteroatoms. The van der Waals surface area contributed by atoms with Crippen LogP contribution in [0.25, 0.3) is 0 Å². The van der Waals surface area contributed by atoms with Crippen molar-refractivity contribution in [1.29, 1.82) is 0 Å². The molecule has 0 aliphatic heterocycles. The van der Waals surface area contributed by atoms with E-state index in [0.29, 0.717) is 18.4 Å². The first-order valence-corrected chi connectivity index (χ1v) is 19.3. The topological polar surface area (TPSA) is 128 Å². The molecule has 3 atom stereocenters. The second-order valence-electron chi connectivity index (χ2n) is 13.7. The summed E-state index contributed by atoms with van der Waals surface area (Å²) in [6.07, 6.45) is -1.75.